The largest absolute Gasteiger partial charge is 0.330 e. The van der Waals surface area contributed by atoms with Gasteiger partial charge in [-0.3, -0.25) is 0 Å². The Labute approximate surface area is 102 Å². The summed E-state index contributed by atoms with van der Waals surface area (Å²) >= 11 is 0. The Hall–Kier alpha value is -1.61. The summed E-state index contributed by atoms with van der Waals surface area (Å²) in [5.74, 6) is 1.08. The van der Waals surface area contributed by atoms with Crippen molar-refractivity contribution < 1.29 is 0 Å². The van der Waals surface area contributed by atoms with Gasteiger partial charge in [0.05, 0.1) is 17.1 Å². The molecule has 3 heteroatoms. The minimum Gasteiger partial charge on any atom is -0.330 e. The number of para-hydroxylation sites is 2. The third-order valence-corrected chi connectivity index (χ3v) is 3.01. The number of fused-ring (bicyclic) bond motifs is 1. The second-order valence-corrected chi connectivity index (χ2v) is 4.27. The summed E-state index contributed by atoms with van der Waals surface area (Å²) in [5, 5.41) is 3.45. The highest BCUT2D eigenvalue weighted by atomic mass is 15.1. The second-order valence-electron chi connectivity index (χ2n) is 4.27. The molecule has 0 saturated heterocycles. The molecule has 1 N–H and O–H groups in total. The number of imidazole rings is 1. The van der Waals surface area contributed by atoms with Crippen LogP contribution in [0.15, 0.2) is 36.9 Å². The highest BCUT2D eigenvalue weighted by Gasteiger charge is 2.12. The van der Waals surface area contributed by atoms with Crippen molar-refractivity contribution in [3.63, 3.8) is 0 Å². The molecule has 0 spiro atoms. The fraction of sp³-hybridized carbons (Fsp3) is 0.357. The molecule has 17 heavy (non-hydrogen) atoms. The zero-order valence-corrected chi connectivity index (χ0v) is 10.5. The number of nitrogens with zero attached hydrogens (tertiary/aromatic N) is 2. The zero-order valence-electron chi connectivity index (χ0n) is 10.5. The van der Waals surface area contributed by atoms with Crippen molar-refractivity contribution in [2.45, 2.75) is 19.4 Å². The van der Waals surface area contributed by atoms with E-state index in [2.05, 4.69) is 47.6 Å². The first-order valence-corrected chi connectivity index (χ1v) is 5.99. The van der Waals surface area contributed by atoms with Crippen LogP contribution in [0.25, 0.3) is 11.0 Å². The molecule has 1 atom stereocenters. The Morgan fingerprint density at radius 1 is 1.47 bits per heavy atom. The molecule has 1 aromatic heterocycles. The Balaban J connectivity index is 2.22. The molecule has 1 heterocycles. The summed E-state index contributed by atoms with van der Waals surface area (Å²) in [5.41, 5.74) is 2.24. The number of hydrogen-bond donors (Lipinski definition) is 1. The van der Waals surface area contributed by atoms with Crippen LogP contribution in [-0.2, 0) is 7.05 Å². The number of aryl methyl sites for hydroxylation is 1. The van der Waals surface area contributed by atoms with Crippen LogP contribution in [0.1, 0.15) is 25.2 Å². The first-order valence-electron chi connectivity index (χ1n) is 5.99. The van der Waals surface area contributed by atoms with Crippen molar-refractivity contribution in [1.82, 2.24) is 14.9 Å². The van der Waals surface area contributed by atoms with Gasteiger partial charge in [0.25, 0.3) is 0 Å². The number of benzene rings is 1. The maximum atomic E-state index is 4.67. The average molecular weight is 229 g/mol. The SMILES string of the molecule is C=CCCN[C@@H](C)c1nc2ccccc2n1C. The van der Waals surface area contributed by atoms with Gasteiger partial charge in [-0.2, -0.15) is 0 Å². The molecule has 0 fully saturated rings. The summed E-state index contributed by atoms with van der Waals surface area (Å²) in [6.45, 7) is 6.80. The Kier molecular flexibility index (Phi) is 3.59. The molecule has 0 aliphatic rings. The lowest BCUT2D eigenvalue weighted by Gasteiger charge is -2.12. The van der Waals surface area contributed by atoms with Crippen LogP contribution in [0.5, 0.6) is 0 Å². The molecule has 3 nitrogen and oxygen atoms in total. The van der Waals surface area contributed by atoms with Gasteiger partial charge < -0.3 is 9.88 Å². The fourth-order valence-electron chi connectivity index (χ4n) is 2.04. The summed E-state index contributed by atoms with van der Waals surface area (Å²) < 4.78 is 2.15. The van der Waals surface area contributed by atoms with Gasteiger partial charge in [-0.05, 0) is 32.0 Å². The van der Waals surface area contributed by atoms with Crippen molar-refractivity contribution >= 4 is 11.0 Å². The van der Waals surface area contributed by atoms with E-state index in [1.54, 1.807) is 0 Å². The topological polar surface area (TPSA) is 29.9 Å². The average Bonchev–Trinajstić information content (AvgIpc) is 2.68. The number of hydrogen-bond acceptors (Lipinski definition) is 2. The third-order valence-electron chi connectivity index (χ3n) is 3.01. The minimum absolute atomic E-state index is 0.257. The van der Waals surface area contributed by atoms with Crippen molar-refractivity contribution in [1.29, 1.82) is 0 Å². The predicted octanol–water partition coefficient (Wildman–Crippen LogP) is 2.80. The van der Waals surface area contributed by atoms with Crippen molar-refractivity contribution in [2.75, 3.05) is 6.54 Å². The van der Waals surface area contributed by atoms with Gasteiger partial charge in [-0.1, -0.05) is 18.2 Å². The van der Waals surface area contributed by atoms with E-state index in [0.717, 1.165) is 24.3 Å². The summed E-state index contributed by atoms with van der Waals surface area (Å²) in [4.78, 5) is 4.67. The monoisotopic (exact) mass is 229 g/mol. The van der Waals surface area contributed by atoms with E-state index in [0.29, 0.717) is 0 Å². The van der Waals surface area contributed by atoms with Gasteiger partial charge in [-0.15, -0.1) is 6.58 Å². The maximum absolute atomic E-state index is 4.67. The van der Waals surface area contributed by atoms with Gasteiger partial charge in [0.15, 0.2) is 0 Å². The molecule has 2 aromatic rings. The lowest BCUT2D eigenvalue weighted by molar-refractivity contribution is 0.539. The van der Waals surface area contributed by atoms with E-state index in [-0.39, 0.29) is 6.04 Å². The summed E-state index contributed by atoms with van der Waals surface area (Å²) in [6, 6.07) is 8.48. The molecule has 0 saturated carbocycles. The van der Waals surface area contributed by atoms with Gasteiger partial charge in [0.1, 0.15) is 5.82 Å². The fourth-order valence-corrected chi connectivity index (χ4v) is 2.04. The van der Waals surface area contributed by atoms with Crippen LogP contribution < -0.4 is 5.32 Å². The Morgan fingerprint density at radius 2 is 2.24 bits per heavy atom. The minimum atomic E-state index is 0.257. The number of rotatable bonds is 5. The number of nitrogens with one attached hydrogen (secondary N) is 1. The van der Waals surface area contributed by atoms with Gasteiger partial charge in [-0.25, -0.2) is 4.98 Å². The van der Waals surface area contributed by atoms with Crippen LogP contribution in [0, 0.1) is 0 Å². The molecule has 0 amide bonds. The Morgan fingerprint density at radius 3 is 2.94 bits per heavy atom. The van der Waals surface area contributed by atoms with Gasteiger partial charge in [0.2, 0.25) is 0 Å². The van der Waals surface area contributed by atoms with E-state index in [1.807, 2.05) is 18.2 Å². The molecule has 0 bridgehead atoms. The molecule has 90 valence electrons. The quantitative estimate of drug-likeness (QED) is 0.631. The molecule has 2 rings (SSSR count). The van der Waals surface area contributed by atoms with Crippen molar-refractivity contribution in [2.24, 2.45) is 7.05 Å². The van der Waals surface area contributed by atoms with Gasteiger partial charge >= 0.3 is 0 Å². The van der Waals surface area contributed by atoms with Crippen LogP contribution in [0.2, 0.25) is 0 Å². The zero-order chi connectivity index (χ0) is 12.3. The molecule has 0 aliphatic carbocycles. The van der Waals surface area contributed by atoms with Crippen LogP contribution in [-0.4, -0.2) is 16.1 Å². The molecule has 1 aromatic carbocycles. The van der Waals surface area contributed by atoms with Gasteiger partial charge in [0, 0.05) is 7.05 Å². The lowest BCUT2D eigenvalue weighted by atomic mass is 10.3. The molecule has 0 unspecified atom stereocenters. The standard InChI is InChI=1S/C14H19N3/c1-4-5-10-15-11(2)14-16-12-8-6-7-9-13(12)17(14)3/h4,6-9,11,15H,1,5,10H2,2-3H3/t11-/m0/s1. The second kappa shape index (κ2) is 5.15. The number of aromatic nitrogens is 2. The molecule has 0 aliphatic heterocycles. The van der Waals surface area contributed by atoms with E-state index in [9.17, 15) is 0 Å². The van der Waals surface area contributed by atoms with Crippen LogP contribution >= 0.6 is 0 Å². The summed E-state index contributed by atoms with van der Waals surface area (Å²) in [6.07, 6.45) is 2.91. The van der Waals surface area contributed by atoms with Crippen LogP contribution in [0.3, 0.4) is 0 Å². The highest BCUT2D eigenvalue weighted by molar-refractivity contribution is 5.75. The van der Waals surface area contributed by atoms with Crippen molar-refractivity contribution in [3.8, 4) is 0 Å². The van der Waals surface area contributed by atoms with E-state index in [1.165, 1.54) is 5.52 Å². The summed E-state index contributed by atoms with van der Waals surface area (Å²) in [7, 11) is 2.07. The van der Waals surface area contributed by atoms with Crippen LogP contribution in [0.4, 0.5) is 0 Å². The van der Waals surface area contributed by atoms with E-state index >= 15 is 0 Å². The predicted molar refractivity (Wildman–Crippen MR) is 71.9 cm³/mol. The maximum Gasteiger partial charge on any atom is 0.126 e. The highest BCUT2D eigenvalue weighted by Crippen LogP contribution is 2.18. The molecular weight excluding hydrogens is 210 g/mol. The molecular formula is C14H19N3. The van der Waals surface area contributed by atoms with E-state index in [4.69, 9.17) is 0 Å². The smallest absolute Gasteiger partial charge is 0.126 e. The normalized spacial score (nSPS) is 12.8. The van der Waals surface area contributed by atoms with E-state index < -0.39 is 0 Å². The van der Waals surface area contributed by atoms with Crippen molar-refractivity contribution in [3.05, 3.63) is 42.7 Å². The Bertz CT molecular complexity index is 513. The first kappa shape index (κ1) is 11.9. The third kappa shape index (κ3) is 2.39. The first-order chi connectivity index (χ1) is 8.24. The lowest BCUT2D eigenvalue weighted by Crippen LogP contribution is -2.22. The molecule has 0 radical (unpaired) electrons.